The molecule has 0 aromatic heterocycles. The molecule has 0 aliphatic carbocycles. The zero-order chi connectivity index (χ0) is 0. The van der Waals surface area contributed by atoms with Crippen molar-refractivity contribution in [3.63, 3.8) is 0 Å². The van der Waals surface area contributed by atoms with Gasteiger partial charge in [0.1, 0.15) is 0 Å². The molecule has 0 N–H and O–H groups in total. The van der Waals surface area contributed by atoms with E-state index in [1.165, 1.54) is 0 Å². The van der Waals surface area contributed by atoms with E-state index in [9.17, 15) is 0 Å². The summed E-state index contributed by atoms with van der Waals surface area (Å²) in [5.41, 5.74) is 0. The van der Waals surface area contributed by atoms with Gasteiger partial charge in [0.05, 0.1) is 0 Å². The van der Waals surface area contributed by atoms with Gasteiger partial charge in [-0.05, 0) is 0 Å². The van der Waals surface area contributed by atoms with Crippen LogP contribution in [0.2, 0.25) is 0 Å². The summed E-state index contributed by atoms with van der Waals surface area (Å²) in [6.45, 7) is 0. The molecule has 1 radical (unpaired) electrons. The van der Waals surface area contributed by atoms with E-state index in [0.29, 0.717) is 0 Å². The Morgan fingerprint density at radius 1 is 0.500 bits per heavy atom. The minimum absolute atomic E-state index is 0. The predicted octanol–water partition coefficient (Wildman–Crippen LogP) is -3.55. The van der Waals surface area contributed by atoms with E-state index in [4.69, 9.17) is 0 Å². The summed E-state index contributed by atoms with van der Waals surface area (Å²) in [5, 5.41) is 0. The van der Waals surface area contributed by atoms with E-state index < -0.39 is 0 Å². The van der Waals surface area contributed by atoms with E-state index in [-0.39, 0.29) is 79.5 Å². The molecule has 27 valence electrons. The maximum Gasteiger partial charge on any atom is 0 e. The Hall–Kier alpha value is 2.56. The first-order chi connectivity index (χ1) is 0. The first kappa shape index (κ1) is 31.0. The molecule has 0 heterocycles. The molecule has 0 aromatic rings. The fraction of sp³-hybridized carbons (Fsp3) is 0. The van der Waals surface area contributed by atoms with Crippen molar-refractivity contribution in [2.75, 3.05) is 0 Å². The van der Waals surface area contributed by atoms with Crippen LogP contribution in [0.1, 0.15) is 0 Å². The van der Waals surface area contributed by atoms with Gasteiger partial charge in [-0.2, -0.15) is 0 Å². The summed E-state index contributed by atoms with van der Waals surface area (Å²) >= 11 is 0. The van der Waals surface area contributed by atoms with Gasteiger partial charge in [-0.1, -0.05) is 0 Å². The third-order valence-corrected chi connectivity index (χ3v) is 0. The number of rotatable bonds is 0. The van der Waals surface area contributed by atoms with Crippen molar-refractivity contribution in [2.24, 2.45) is 0 Å². The average Bonchev–Trinajstić information content (AvgIpc) is 0. The molecule has 0 aliphatic heterocycles. The van der Waals surface area contributed by atoms with E-state index in [1.807, 2.05) is 0 Å². The summed E-state index contributed by atoms with van der Waals surface area (Å²) in [7, 11) is 0. The van der Waals surface area contributed by atoms with E-state index in [2.05, 4.69) is 0 Å². The molecule has 0 saturated heterocycles. The van der Waals surface area contributed by atoms with Gasteiger partial charge in [0, 0.05) is 20.1 Å². The third-order valence-electron chi connectivity index (χ3n) is 0. The summed E-state index contributed by atoms with van der Waals surface area (Å²) in [6, 6.07) is 0. The van der Waals surface area contributed by atoms with Crippen LogP contribution in [0.3, 0.4) is 0 Å². The van der Waals surface area contributed by atoms with Crippen molar-refractivity contribution in [1.29, 1.82) is 0 Å². The van der Waals surface area contributed by atoms with E-state index in [1.54, 1.807) is 0 Å². The van der Waals surface area contributed by atoms with Gasteiger partial charge in [0.2, 0.25) is 0 Å². The van der Waals surface area contributed by atoms with Crippen LogP contribution in [0, 0.1) is 0 Å². The first-order valence-corrected chi connectivity index (χ1v) is 0. The normalized spacial score (nSPS) is 0. The van der Waals surface area contributed by atoms with Crippen molar-refractivity contribution in [3.8, 4) is 0 Å². The van der Waals surface area contributed by atoms with Crippen LogP contribution < -0.4 is 0 Å². The third kappa shape index (κ3) is 8.82. The van der Waals surface area contributed by atoms with Crippen molar-refractivity contribution in [1.82, 2.24) is 0 Å². The Labute approximate surface area is 78.4 Å². The molecule has 0 fully saturated rings. The smallest absolute Gasteiger partial charge is 0 e. The van der Waals surface area contributed by atoms with Crippen LogP contribution in [-0.2, 0) is 20.1 Å². The molecular weight excluding hydrogens is 401 g/mol. The van der Waals surface area contributed by atoms with Crippen LogP contribution in [0.15, 0.2) is 0 Å². The molecule has 0 amide bonds. The van der Waals surface area contributed by atoms with Crippen molar-refractivity contribution in [2.45, 2.75) is 0 Å². The molecule has 0 atom stereocenters. The summed E-state index contributed by atoms with van der Waals surface area (Å²) in [6.07, 6.45) is 0. The molecular formula is H9Ga3Ir. The molecule has 0 aromatic carbocycles. The summed E-state index contributed by atoms with van der Waals surface area (Å²) < 4.78 is 0. The SMILES string of the molecule is [GaH3].[GaH3].[GaH3].[Ir]. The fourth-order valence-corrected chi connectivity index (χ4v) is 0. The maximum absolute atomic E-state index is 0. The van der Waals surface area contributed by atoms with Crippen molar-refractivity contribution >= 4 is 59.4 Å². The summed E-state index contributed by atoms with van der Waals surface area (Å²) in [4.78, 5) is 0. The zero-order valence-corrected chi connectivity index (χ0v) is 2.73. The fourth-order valence-electron chi connectivity index (χ4n) is 0. The molecule has 0 unspecified atom stereocenters. The van der Waals surface area contributed by atoms with Gasteiger partial charge in [0.15, 0.2) is 0 Å². The first-order valence-electron chi connectivity index (χ1n) is 0. The molecule has 0 nitrogen and oxygen atoms in total. The minimum atomic E-state index is 0. The van der Waals surface area contributed by atoms with Gasteiger partial charge in [-0.3, -0.25) is 0 Å². The largest absolute Gasteiger partial charge is 0 e. The zero-order valence-electron chi connectivity index (χ0n) is 0.333. The predicted molar refractivity (Wildman–Crippen MR) is 29.8 cm³/mol. The standard InChI is InChI=1S/3Ga.Ir.9H. The maximum atomic E-state index is 0. The molecule has 4 heavy (non-hydrogen) atoms. The topological polar surface area (TPSA) is 0 Å². The van der Waals surface area contributed by atoms with Crippen LogP contribution in [0.25, 0.3) is 0 Å². The Kier molecular flexibility index (Phi) is 137. The van der Waals surface area contributed by atoms with E-state index >= 15 is 0 Å². The minimum Gasteiger partial charge on any atom is 0 e. The Balaban J connectivity index is 0. The van der Waals surface area contributed by atoms with Crippen LogP contribution >= 0.6 is 0 Å². The molecule has 4 heteroatoms. The van der Waals surface area contributed by atoms with E-state index in [0.717, 1.165) is 0 Å². The molecule has 0 bridgehead atoms. The monoisotopic (exact) mass is 409 g/mol. The second kappa shape index (κ2) is 17.6. The van der Waals surface area contributed by atoms with Gasteiger partial charge < -0.3 is 0 Å². The second-order valence-corrected chi connectivity index (χ2v) is 0. The second-order valence-electron chi connectivity index (χ2n) is 0. The average molecular weight is 410 g/mol. The molecule has 0 spiro atoms. The van der Waals surface area contributed by atoms with Gasteiger partial charge in [0.25, 0.3) is 0 Å². The number of hydrogen-bond acceptors (Lipinski definition) is 0. The van der Waals surface area contributed by atoms with Crippen molar-refractivity contribution < 1.29 is 20.1 Å². The number of hydrogen-bond donors (Lipinski definition) is 0. The van der Waals surface area contributed by atoms with Crippen molar-refractivity contribution in [3.05, 3.63) is 0 Å². The van der Waals surface area contributed by atoms with Gasteiger partial charge >= 0.3 is 59.4 Å². The summed E-state index contributed by atoms with van der Waals surface area (Å²) in [5.74, 6) is 0. The van der Waals surface area contributed by atoms with Crippen LogP contribution in [-0.4, -0.2) is 59.4 Å². The van der Waals surface area contributed by atoms with Gasteiger partial charge in [-0.25, -0.2) is 0 Å². The molecule has 0 saturated carbocycles. The van der Waals surface area contributed by atoms with Gasteiger partial charge in [-0.15, -0.1) is 0 Å². The Morgan fingerprint density at radius 3 is 0.500 bits per heavy atom. The molecule has 0 rings (SSSR count). The molecule has 0 aliphatic rings. The van der Waals surface area contributed by atoms with Crippen LogP contribution in [0.5, 0.6) is 0 Å². The van der Waals surface area contributed by atoms with Crippen LogP contribution in [0.4, 0.5) is 0 Å². The Morgan fingerprint density at radius 2 is 0.500 bits per heavy atom. The Bertz CT molecular complexity index is 3.25. The quantitative estimate of drug-likeness (QED) is 0.363.